The van der Waals surface area contributed by atoms with Crippen molar-refractivity contribution in [2.75, 3.05) is 14.2 Å². The smallest absolute Gasteiger partial charge is 0.118 e. The molecular formula is C22H20O2. The fraction of sp³-hybridized carbons (Fsp3) is 0.0909. The minimum absolute atomic E-state index is 0.857. The maximum absolute atomic E-state index is 5.27. The number of methoxy groups -OCH3 is 2. The van der Waals surface area contributed by atoms with E-state index in [9.17, 15) is 0 Å². The Morgan fingerprint density at radius 1 is 0.625 bits per heavy atom. The average molecular weight is 316 g/mol. The van der Waals surface area contributed by atoms with Gasteiger partial charge in [0.15, 0.2) is 0 Å². The molecule has 0 bridgehead atoms. The zero-order chi connectivity index (χ0) is 16.8. The number of benzene rings is 3. The molecule has 0 aliphatic carbocycles. The van der Waals surface area contributed by atoms with Gasteiger partial charge in [0.1, 0.15) is 11.5 Å². The van der Waals surface area contributed by atoms with Gasteiger partial charge < -0.3 is 9.47 Å². The van der Waals surface area contributed by atoms with Crippen LogP contribution in [0.2, 0.25) is 0 Å². The largest absolute Gasteiger partial charge is 0.497 e. The molecule has 0 saturated carbocycles. The van der Waals surface area contributed by atoms with Crippen LogP contribution in [-0.2, 0) is 0 Å². The van der Waals surface area contributed by atoms with Crippen LogP contribution in [0.25, 0.3) is 11.6 Å². The van der Waals surface area contributed by atoms with Crippen LogP contribution in [0.4, 0.5) is 0 Å². The van der Waals surface area contributed by atoms with Gasteiger partial charge in [-0.2, -0.15) is 0 Å². The van der Waals surface area contributed by atoms with Crippen molar-refractivity contribution in [3.63, 3.8) is 0 Å². The van der Waals surface area contributed by atoms with Crippen molar-refractivity contribution in [1.29, 1.82) is 0 Å². The maximum Gasteiger partial charge on any atom is 0.118 e. The van der Waals surface area contributed by atoms with Gasteiger partial charge in [-0.25, -0.2) is 0 Å². The highest BCUT2D eigenvalue weighted by Crippen LogP contribution is 2.28. The fourth-order valence-electron chi connectivity index (χ4n) is 2.59. The van der Waals surface area contributed by atoms with Gasteiger partial charge in [-0.1, -0.05) is 54.6 Å². The van der Waals surface area contributed by atoms with Crippen LogP contribution in [0.3, 0.4) is 0 Å². The standard InChI is InChI=1S/C22H20O2/c1-23-20-12-8-17(9-13-20)16-22(18-6-4-3-5-7-18)19-10-14-21(24-2)15-11-19/h3-16H,1-2H3. The second-order valence-electron chi connectivity index (χ2n) is 5.43. The predicted octanol–water partition coefficient (Wildman–Crippen LogP) is 5.29. The summed E-state index contributed by atoms with van der Waals surface area (Å²) in [5.74, 6) is 1.72. The van der Waals surface area contributed by atoms with Crippen molar-refractivity contribution >= 4 is 11.6 Å². The second-order valence-corrected chi connectivity index (χ2v) is 5.43. The number of hydrogen-bond acceptors (Lipinski definition) is 2. The van der Waals surface area contributed by atoms with E-state index in [0.29, 0.717) is 0 Å². The summed E-state index contributed by atoms with van der Waals surface area (Å²) in [5, 5.41) is 0. The summed E-state index contributed by atoms with van der Waals surface area (Å²) in [6.45, 7) is 0. The molecule has 0 heterocycles. The third kappa shape index (κ3) is 3.66. The van der Waals surface area contributed by atoms with Crippen molar-refractivity contribution in [2.24, 2.45) is 0 Å². The Bertz CT molecular complexity index is 801. The summed E-state index contributed by atoms with van der Waals surface area (Å²) in [4.78, 5) is 0. The van der Waals surface area contributed by atoms with Gasteiger partial charge in [-0.05, 0) is 52.6 Å². The van der Waals surface area contributed by atoms with Crippen LogP contribution in [0, 0.1) is 0 Å². The van der Waals surface area contributed by atoms with Crippen molar-refractivity contribution in [2.45, 2.75) is 0 Å². The zero-order valence-electron chi connectivity index (χ0n) is 13.9. The third-order valence-electron chi connectivity index (χ3n) is 3.91. The first-order valence-electron chi connectivity index (χ1n) is 7.86. The van der Waals surface area contributed by atoms with Gasteiger partial charge in [0.05, 0.1) is 14.2 Å². The van der Waals surface area contributed by atoms with Crippen LogP contribution < -0.4 is 9.47 Å². The molecule has 0 aliphatic heterocycles. The van der Waals surface area contributed by atoms with Crippen molar-refractivity contribution < 1.29 is 9.47 Å². The topological polar surface area (TPSA) is 18.5 Å². The molecule has 0 aromatic heterocycles. The van der Waals surface area contributed by atoms with E-state index in [1.54, 1.807) is 14.2 Å². The lowest BCUT2D eigenvalue weighted by Gasteiger charge is -2.10. The van der Waals surface area contributed by atoms with Crippen molar-refractivity contribution in [3.05, 3.63) is 95.6 Å². The SMILES string of the molecule is COc1ccc(C=C(c2ccccc2)c2ccc(OC)cc2)cc1. The van der Waals surface area contributed by atoms with Gasteiger partial charge in [0.25, 0.3) is 0 Å². The molecule has 2 heteroatoms. The van der Waals surface area contributed by atoms with Gasteiger partial charge in [-0.3, -0.25) is 0 Å². The van der Waals surface area contributed by atoms with E-state index in [1.165, 1.54) is 11.1 Å². The Balaban J connectivity index is 2.05. The highest BCUT2D eigenvalue weighted by atomic mass is 16.5. The van der Waals surface area contributed by atoms with Gasteiger partial charge >= 0.3 is 0 Å². The number of rotatable bonds is 5. The molecule has 0 N–H and O–H groups in total. The first-order valence-corrected chi connectivity index (χ1v) is 7.86. The molecule has 0 spiro atoms. The van der Waals surface area contributed by atoms with Crippen molar-refractivity contribution in [1.82, 2.24) is 0 Å². The molecule has 24 heavy (non-hydrogen) atoms. The lowest BCUT2D eigenvalue weighted by molar-refractivity contribution is 0.414. The van der Waals surface area contributed by atoms with Gasteiger partial charge in [0, 0.05) is 0 Å². The summed E-state index contributed by atoms with van der Waals surface area (Å²) < 4.78 is 10.5. The zero-order valence-corrected chi connectivity index (χ0v) is 13.9. The molecule has 0 amide bonds. The lowest BCUT2D eigenvalue weighted by Crippen LogP contribution is -1.90. The van der Waals surface area contributed by atoms with E-state index in [-0.39, 0.29) is 0 Å². The molecule has 3 rings (SSSR count). The highest BCUT2D eigenvalue weighted by molar-refractivity contribution is 5.91. The molecule has 2 nitrogen and oxygen atoms in total. The van der Waals surface area contributed by atoms with Gasteiger partial charge in [-0.15, -0.1) is 0 Å². The van der Waals surface area contributed by atoms with E-state index < -0.39 is 0 Å². The van der Waals surface area contributed by atoms with Crippen LogP contribution in [-0.4, -0.2) is 14.2 Å². The maximum atomic E-state index is 5.27. The second kappa shape index (κ2) is 7.51. The molecule has 0 saturated heterocycles. The Morgan fingerprint density at radius 2 is 1.12 bits per heavy atom. The summed E-state index contributed by atoms with van der Waals surface area (Å²) >= 11 is 0. The van der Waals surface area contributed by atoms with Gasteiger partial charge in [0.2, 0.25) is 0 Å². The Kier molecular flexibility index (Phi) is 4.97. The number of hydrogen-bond donors (Lipinski definition) is 0. The molecule has 0 aliphatic rings. The lowest BCUT2D eigenvalue weighted by atomic mass is 9.95. The summed E-state index contributed by atoms with van der Waals surface area (Å²) in [6, 6.07) is 26.6. The monoisotopic (exact) mass is 316 g/mol. The normalized spacial score (nSPS) is 11.2. The average Bonchev–Trinajstić information content (AvgIpc) is 2.67. The first-order chi connectivity index (χ1) is 11.8. The predicted molar refractivity (Wildman–Crippen MR) is 99.4 cm³/mol. The van der Waals surface area contributed by atoms with Crippen LogP contribution in [0.15, 0.2) is 78.9 Å². The quantitative estimate of drug-likeness (QED) is 0.595. The molecule has 0 fully saturated rings. The van der Waals surface area contributed by atoms with E-state index in [2.05, 4.69) is 54.6 Å². The Labute approximate surface area is 143 Å². The molecule has 120 valence electrons. The summed E-state index contributed by atoms with van der Waals surface area (Å²) in [7, 11) is 3.36. The molecular weight excluding hydrogens is 296 g/mol. The first kappa shape index (κ1) is 15.9. The van der Waals surface area contributed by atoms with E-state index >= 15 is 0 Å². The van der Waals surface area contributed by atoms with Crippen LogP contribution in [0.5, 0.6) is 11.5 Å². The summed E-state index contributed by atoms with van der Waals surface area (Å²) in [6.07, 6.45) is 2.19. The third-order valence-corrected chi connectivity index (χ3v) is 3.91. The molecule has 3 aromatic rings. The molecule has 3 aromatic carbocycles. The highest BCUT2D eigenvalue weighted by Gasteiger charge is 2.06. The Hall–Kier alpha value is -3.00. The molecule has 0 unspecified atom stereocenters. The van der Waals surface area contributed by atoms with Crippen molar-refractivity contribution in [3.8, 4) is 11.5 Å². The van der Waals surface area contributed by atoms with E-state index in [0.717, 1.165) is 22.6 Å². The van der Waals surface area contributed by atoms with Crippen LogP contribution >= 0.6 is 0 Å². The Morgan fingerprint density at radius 3 is 1.67 bits per heavy atom. The van der Waals surface area contributed by atoms with E-state index in [1.807, 2.05) is 30.3 Å². The minimum atomic E-state index is 0.857. The number of ether oxygens (including phenoxy) is 2. The minimum Gasteiger partial charge on any atom is -0.497 e. The van der Waals surface area contributed by atoms with Crippen LogP contribution in [0.1, 0.15) is 16.7 Å². The summed E-state index contributed by atoms with van der Waals surface area (Å²) in [5.41, 5.74) is 4.63. The molecule has 0 radical (unpaired) electrons. The van der Waals surface area contributed by atoms with E-state index in [4.69, 9.17) is 9.47 Å². The fourth-order valence-corrected chi connectivity index (χ4v) is 2.59. The molecule has 0 atom stereocenters.